The van der Waals surface area contributed by atoms with Crippen LogP contribution in [0.5, 0.6) is 0 Å². The molecule has 2 N–H and O–H groups in total. The first-order valence-electron chi connectivity index (χ1n) is 7.91. The van der Waals surface area contributed by atoms with Crippen LogP contribution in [0.3, 0.4) is 0 Å². The fourth-order valence-electron chi connectivity index (χ4n) is 2.65. The Morgan fingerprint density at radius 2 is 1.92 bits per heavy atom. The predicted octanol–water partition coefficient (Wildman–Crippen LogP) is 5.03. The Morgan fingerprint density at radius 1 is 1.20 bits per heavy atom. The number of aromatic nitrogens is 1. The van der Waals surface area contributed by atoms with Gasteiger partial charge in [-0.25, -0.2) is 0 Å². The molecule has 2 aromatic carbocycles. The van der Waals surface area contributed by atoms with Crippen LogP contribution in [-0.4, -0.2) is 10.1 Å². The molecule has 0 fully saturated rings. The number of pyridine rings is 1. The van der Waals surface area contributed by atoms with E-state index in [0.717, 1.165) is 37.9 Å². The number of rotatable bonds is 4. The third-order valence-electron chi connectivity index (χ3n) is 4.23. The molecule has 1 aromatic heterocycles. The number of nitriles is 1. The van der Waals surface area contributed by atoms with Gasteiger partial charge in [-0.15, -0.1) is 0 Å². The van der Waals surface area contributed by atoms with Crippen LogP contribution in [0, 0.1) is 11.3 Å². The zero-order valence-corrected chi connectivity index (χ0v) is 15.6. The van der Waals surface area contributed by atoms with Crippen LogP contribution in [0.25, 0.3) is 10.9 Å². The van der Waals surface area contributed by atoms with Crippen LogP contribution in [0.4, 0.5) is 11.4 Å². The zero-order valence-electron chi connectivity index (χ0n) is 14.0. The van der Waals surface area contributed by atoms with E-state index < -0.39 is 5.41 Å². The Labute approximate surface area is 155 Å². The average molecular weight is 396 g/mol. The van der Waals surface area contributed by atoms with Crippen LogP contribution in [0.2, 0.25) is 0 Å². The summed E-state index contributed by atoms with van der Waals surface area (Å²) < 4.78 is 0.950. The summed E-state index contributed by atoms with van der Waals surface area (Å²) in [5.41, 5.74) is 3.74. The molecule has 126 valence electrons. The molecule has 3 aromatic rings. The largest absolute Gasteiger partial charge is 0.392 e. The van der Waals surface area contributed by atoms with E-state index in [9.17, 15) is 10.4 Å². The Balaban J connectivity index is 2.03. The van der Waals surface area contributed by atoms with Gasteiger partial charge in [0.1, 0.15) is 0 Å². The Morgan fingerprint density at radius 3 is 2.56 bits per heavy atom. The molecule has 0 aliphatic carbocycles. The molecular formula is C20H18BrN3O. The molecule has 0 saturated heterocycles. The van der Waals surface area contributed by atoms with Crippen LogP contribution in [-0.2, 0) is 12.0 Å². The van der Waals surface area contributed by atoms with Crippen molar-refractivity contribution in [2.45, 2.75) is 25.9 Å². The molecule has 4 nitrogen and oxygen atoms in total. The Hall–Kier alpha value is -2.42. The highest BCUT2D eigenvalue weighted by molar-refractivity contribution is 9.10. The molecular weight excluding hydrogens is 378 g/mol. The van der Waals surface area contributed by atoms with Crippen molar-refractivity contribution in [3.05, 3.63) is 64.3 Å². The molecule has 0 atom stereocenters. The van der Waals surface area contributed by atoms with Crippen molar-refractivity contribution in [2.24, 2.45) is 0 Å². The summed E-state index contributed by atoms with van der Waals surface area (Å²) in [7, 11) is 0. The highest BCUT2D eigenvalue weighted by Crippen LogP contribution is 2.32. The van der Waals surface area contributed by atoms with Gasteiger partial charge in [0.15, 0.2) is 0 Å². The van der Waals surface area contributed by atoms with Crippen molar-refractivity contribution in [1.82, 2.24) is 4.98 Å². The maximum Gasteiger partial charge on any atom is 0.0766 e. The second kappa shape index (κ2) is 6.83. The fourth-order valence-corrected chi connectivity index (χ4v) is 3.01. The molecule has 0 saturated carbocycles. The molecule has 0 radical (unpaired) electrons. The monoisotopic (exact) mass is 395 g/mol. The molecule has 0 aliphatic rings. The van der Waals surface area contributed by atoms with Crippen molar-refractivity contribution in [3.8, 4) is 6.07 Å². The molecule has 0 bridgehead atoms. The summed E-state index contributed by atoms with van der Waals surface area (Å²) >= 11 is 3.49. The van der Waals surface area contributed by atoms with Crippen molar-refractivity contribution in [1.29, 1.82) is 5.26 Å². The molecule has 0 aliphatic heterocycles. The van der Waals surface area contributed by atoms with Gasteiger partial charge < -0.3 is 10.4 Å². The predicted molar refractivity (Wildman–Crippen MR) is 104 cm³/mol. The van der Waals surface area contributed by atoms with Gasteiger partial charge in [-0.3, -0.25) is 4.98 Å². The zero-order chi connectivity index (χ0) is 18.0. The molecule has 0 spiro atoms. The number of nitrogens with zero attached hydrogens (tertiary/aromatic N) is 2. The van der Waals surface area contributed by atoms with Crippen LogP contribution in [0.1, 0.15) is 25.0 Å². The lowest BCUT2D eigenvalue weighted by Crippen LogP contribution is -2.13. The minimum Gasteiger partial charge on any atom is -0.392 e. The van der Waals surface area contributed by atoms with E-state index in [1.807, 2.05) is 56.3 Å². The van der Waals surface area contributed by atoms with E-state index >= 15 is 0 Å². The topological polar surface area (TPSA) is 68.9 Å². The highest BCUT2D eigenvalue weighted by atomic mass is 79.9. The maximum atomic E-state index is 9.68. The van der Waals surface area contributed by atoms with E-state index in [1.54, 1.807) is 6.20 Å². The smallest absolute Gasteiger partial charge is 0.0766 e. The Bertz CT molecular complexity index is 959. The quantitative estimate of drug-likeness (QED) is 0.649. The molecule has 1 heterocycles. The van der Waals surface area contributed by atoms with Gasteiger partial charge in [-0.05, 0) is 49.7 Å². The standard InChI is InChI=1S/C20H18BrN3O/c1-20(2,12-22)14-3-6-16(7-4-14)24-19-13(11-25)10-23-18-8-5-15(21)9-17(18)19/h3-10,25H,11H2,1-2H3,(H,23,24). The number of halogens is 1. The van der Waals surface area contributed by atoms with E-state index in [4.69, 9.17) is 0 Å². The van der Waals surface area contributed by atoms with Crippen molar-refractivity contribution >= 4 is 38.2 Å². The normalized spacial score (nSPS) is 11.3. The summed E-state index contributed by atoms with van der Waals surface area (Å²) in [6.45, 7) is 3.69. The van der Waals surface area contributed by atoms with E-state index in [2.05, 4.69) is 32.3 Å². The fraction of sp³-hybridized carbons (Fsp3) is 0.200. The third kappa shape index (κ3) is 3.51. The van der Waals surface area contributed by atoms with Crippen LogP contribution < -0.4 is 5.32 Å². The summed E-state index contributed by atoms with van der Waals surface area (Å²) in [5.74, 6) is 0. The third-order valence-corrected chi connectivity index (χ3v) is 4.73. The minimum absolute atomic E-state index is 0.0999. The van der Waals surface area contributed by atoms with E-state index in [0.29, 0.717) is 0 Å². The number of fused-ring (bicyclic) bond motifs is 1. The van der Waals surface area contributed by atoms with Gasteiger partial charge in [0, 0.05) is 27.3 Å². The lowest BCUT2D eigenvalue weighted by atomic mass is 9.86. The van der Waals surface area contributed by atoms with Crippen LogP contribution in [0.15, 0.2) is 53.1 Å². The van der Waals surface area contributed by atoms with Gasteiger partial charge in [0.25, 0.3) is 0 Å². The summed E-state index contributed by atoms with van der Waals surface area (Å²) in [6.07, 6.45) is 1.69. The van der Waals surface area contributed by atoms with E-state index in [1.165, 1.54) is 0 Å². The number of aliphatic hydroxyl groups is 1. The number of anilines is 2. The van der Waals surface area contributed by atoms with E-state index in [-0.39, 0.29) is 6.61 Å². The number of hydrogen-bond donors (Lipinski definition) is 2. The molecule has 3 rings (SSSR count). The molecule has 25 heavy (non-hydrogen) atoms. The first kappa shape index (κ1) is 17.4. The number of aliphatic hydroxyl groups excluding tert-OH is 1. The van der Waals surface area contributed by atoms with Crippen molar-refractivity contribution in [2.75, 3.05) is 5.32 Å². The molecule has 0 unspecified atom stereocenters. The maximum absolute atomic E-state index is 9.68. The van der Waals surface area contributed by atoms with Gasteiger partial charge in [-0.1, -0.05) is 28.1 Å². The first-order chi connectivity index (χ1) is 11.9. The lowest BCUT2D eigenvalue weighted by Gasteiger charge is -2.17. The minimum atomic E-state index is -0.525. The number of nitrogens with one attached hydrogen (secondary N) is 1. The van der Waals surface area contributed by atoms with Crippen molar-refractivity contribution in [3.63, 3.8) is 0 Å². The van der Waals surface area contributed by atoms with Gasteiger partial charge in [-0.2, -0.15) is 5.26 Å². The summed E-state index contributed by atoms with van der Waals surface area (Å²) in [6, 6.07) is 16.0. The van der Waals surface area contributed by atoms with Gasteiger partial charge in [0.2, 0.25) is 0 Å². The highest BCUT2D eigenvalue weighted by Gasteiger charge is 2.19. The SMILES string of the molecule is CC(C)(C#N)c1ccc(Nc2c(CO)cnc3ccc(Br)cc23)cc1. The number of hydrogen-bond acceptors (Lipinski definition) is 4. The summed E-state index contributed by atoms with van der Waals surface area (Å²) in [4.78, 5) is 4.40. The van der Waals surface area contributed by atoms with Crippen molar-refractivity contribution < 1.29 is 5.11 Å². The number of benzene rings is 2. The Kier molecular flexibility index (Phi) is 4.76. The first-order valence-corrected chi connectivity index (χ1v) is 8.71. The molecule has 0 amide bonds. The second-order valence-corrected chi connectivity index (χ2v) is 7.33. The van der Waals surface area contributed by atoms with Crippen LogP contribution >= 0.6 is 15.9 Å². The molecule has 5 heteroatoms. The van der Waals surface area contributed by atoms with Gasteiger partial charge in [0.05, 0.1) is 29.3 Å². The van der Waals surface area contributed by atoms with Gasteiger partial charge >= 0.3 is 0 Å². The lowest BCUT2D eigenvalue weighted by molar-refractivity contribution is 0.282. The average Bonchev–Trinajstić information content (AvgIpc) is 2.62. The second-order valence-electron chi connectivity index (χ2n) is 6.42. The summed E-state index contributed by atoms with van der Waals surface area (Å²) in [5, 5.41) is 23.3.